The van der Waals surface area contributed by atoms with Gasteiger partial charge in [-0.05, 0) is 46.7 Å². The van der Waals surface area contributed by atoms with Crippen LogP contribution in [0.3, 0.4) is 0 Å². The molecule has 0 radical (unpaired) electrons. The minimum atomic E-state index is -0.799. The molecule has 0 aliphatic carbocycles. The zero-order chi connectivity index (χ0) is 14.5. The van der Waals surface area contributed by atoms with Gasteiger partial charge in [-0.3, -0.25) is 14.5 Å². The maximum Gasteiger partial charge on any atom is 0.317 e. The van der Waals surface area contributed by atoms with Gasteiger partial charge in [0.2, 0.25) is 6.41 Å². The zero-order valence-electron chi connectivity index (χ0n) is 11.9. The molecular weight excluding hydrogens is 248 g/mol. The first-order chi connectivity index (χ1) is 8.81. The fourth-order valence-electron chi connectivity index (χ4n) is 2.32. The van der Waals surface area contributed by atoms with E-state index in [-0.39, 0.29) is 24.3 Å². The highest BCUT2D eigenvalue weighted by molar-refractivity contribution is 5.69. The highest BCUT2D eigenvalue weighted by Gasteiger charge is 2.30. The number of likely N-dealkylation sites (tertiary alicyclic amines) is 1. The second kappa shape index (κ2) is 6.86. The summed E-state index contributed by atoms with van der Waals surface area (Å²) < 4.78 is 5.86. The van der Waals surface area contributed by atoms with Crippen molar-refractivity contribution in [3.8, 4) is 0 Å². The van der Waals surface area contributed by atoms with Crippen molar-refractivity contribution < 1.29 is 19.4 Å². The number of hydrogen-bond donors (Lipinski definition) is 2. The monoisotopic (exact) mass is 272 g/mol. The molecule has 1 saturated heterocycles. The molecule has 19 heavy (non-hydrogen) atoms. The van der Waals surface area contributed by atoms with Crippen LogP contribution in [0.2, 0.25) is 0 Å². The van der Waals surface area contributed by atoms with E-state index in [1.165, 1.54) is 0 Å². The first kappa shape index (κ1) is 15.9. The standard InChI is InChI=1S/C13H24N2O4/c1-13(2,3)19-12(14-9-16)10-4-6-15(7-5-10)8-11(17)18/h9-10,12H,4-8H2,1-3H3,(H,14,16)(H,17,18). The Hall–Kier alpha value is -1.14. The van der Waals surface area contributed by atoms with E-state index < -0.39 is 5.97 Å². The maximum atomic E-state index is 10.7. The van der Waals surface area contributed by atoms with Crippen LogP contribution in [0.4, 0.5) is 0 Å². The molecule has 0 spiro atoms. The van der Waals surface area contributed by atoms with Crippen LogP contribution in [0.15, 0.2) is 0 Å². The third-order valence-electron chi connectivity index (χ3n) is 3.13. The van der Waals surface area contributed by atoms with Crippen molar-refractivity contribution in [1.29, 1.82) is 0 Å². The minimum Gasteiger partial charge on any atom is -0.480 e. The molecular formula is C13H24N2O4. The lowest BCUT2D eigenvalue weighted by molar-refractivity contribution is -0.139. The number of piperidine rings is 1. The number of nitrogens with one attached hydrogen (secondary N) is 1. The van der Waals surface area contributed by atoms with Crippen molar-refractivity contribution in [2.75, 3.05) is 19.6 Å². The third-order valence-corrected chi connectivity index (χ3v) is 3.13. The number of aliphatic carboxylic acids is 1. The lowest BCUT2D eigenvalue weighted by Crippen LogP contribution is -2.47. The number of amides is 1. The molecule has 1 aliphatic rings. The second-order valence-electron chi connectivity index (χ2n) is 5.94. The Morgan fingerprint density at radius 1 is 1.47 bits per heavy atom. The van der Waals surface area contributed by atoms with E-state index in [0.717, 1.165) is 25.9 Å². The van der Waals surface area contributed by atoms with Gasteiger partial charge in [-0.2, -0.15) is 0 Å². The summed E-state index contributed by atoms with van der Waals surface area (Å²) in [5.41, 5.74) is -0.321. The van der Waals surface area contributed by atoms with Crippen molar-refractivity contribution in [2.45, 2.75) is 45.4 Å². The van der Waals surface area contributed by atoms with E-state index in [4.69, 9.17) is 9.84 Å². The zero-order valence-corrected chi connectivity index (χ0v) is 11.9. The van der Waals surface area contributed by atoms with Crippen molar-refractivity contribution in [2.24, 2.45) is 5.92 Å². The molecule has 1 fully saturated rings. The topological polar surface area (TPSA) is 78.9 Å². The molecule has 1 unspecified atom stereocenters. The summed E-state index contributed by atoms with van der Waals surface area (Å²) in [4.78, 5) is 23.2. The molecule has 1 atom stereocenters. The molecule has 0 aromatic carbocycles. The highest BCUT2D eigenvalue weighted by atomic mass is 16.5. The fraction of sp³-hybridized carbons (Fsp3) is 0.846. The van der Waals surface area contributed by atoms with Crippen LogP contribution in [0.5, 0.6) is 0 Å². The van der Waals surface area contributed by atoms with Gasteiger partial charge < -0.3 is 15.2 Å². The van der Waals surface area contributed by atoms with Gasteiger partial charge in [0.25, 0.3) is 0 Å². The Balaban J connectivity index is 2.49. The number of rotatable bonds is 6. The Bertz CT molecular complexity index is 306. The van der Waals surface area contributed by atoms with Crippen LogP contribution >= 0.6 is 0 Å². The lowest BCUT2D eigenvalue weighted by atomic mass is 9.94. The van der Waals surface area contributed by atoms with Gasteiger partial charge in [0.05, 0.1) is 12.1 Å². The molecule has 0 aromatic rings. The van der Waals surface area contributed by atoms with E-state index in [9.17, 15) is 9.59 Å². The van der Waals surface area contributed by atoms with Gasteiger partial charge in [-0.1, -0.05) is 0 Å². The largest absolute Gasteiger partial charge is 0.480 e. The molecule has 6 heteroatoms. The molecule has 2 N–H and O–H groups in total. The van der Waals surface area contributed by atoms with Crippen molar-refractivity contribution in [3.05, 3.63) is 0 Å². The average Bonchev–Trinajstić information content (AvgIpc) is 2.27. The van der Waals surface area contributed by atoms with Crippen molar-refractivity contribution >= 4 is 12.4 Å². The number of nitrogens with zero attached hydrogens (tertiary/aromatic N) is 1. The molecule has 6 nitrogen and oxygen atoms in total. The maximum absolute atomic E-state index is 10.7. The summed E-state index contributed by atoms with van der Waals surface area (Å²) in [6, 6.07) is 0. The predicted molar refractivity (Wildman–Crippen MR) is 70.6 cm³/mol. The van der Waals surface area contributed by atoms with Crippen LogP contribution in [0.25, 0.3) is 0 Å². The number of carboxylic acid groups (broad SMARTS) is 1. The van der Waals surface area contributed by atoms with Gasteiger partial charge in [0.15, 0.2) is 0 Å². The van der Waals surface area contributed by atoms with E-state index in [2.05, 4.69) is 5.32 Å². The summed E-state index contributed by atoms with van der Waals surface area (Å²) in [6.07, 6.45) is 2.02. The van der Waals surface area contributed by atoms with Gasteiger partial charge in [-0.25, -0.2) is 0 Å². The molecule has 1 heterocycles. The third kappa shape index (κ3) is 6.02. The highest BCUT2D eigenvalue weighted by Crippen LogP contribution is 2.24. The fourth-order valence-corrected chi connectivity index (χ4v) is 2.32. The first-order valence-electron chi connectivity index (χ1n) is 6.63. The molecule has 1 amide bonds. The Labute approximate surface area is 114 Å². The summed E-state index contributed by atoms with van der Waals surface area (Å²) in [6.45, 7) is 7.38. The summed E-state index contributed by atoms with van der Waals surface area (Å²) in [5, 5.41) is 11.5. The normalized spacial score (nSPS) is 19.9. The summed E-state index contributed by atoms with van der Waals surface area (Å²) >= 11 is 0. The smallest absolute Gasteiger partial charge is 0.317 e. The van der Waals surface area contributed by atoms with E-state index in [1.807, 2.05) is 25.7 Å². The van der Waals surface area contributed by atoms with Crippen LogP contribution in [-0.2, 0) is 14.3 Å². The van der Waals surface area contributed by atoms with Gasteiger partial charge >= 0.3 is 5.97 Å². The molecule has 1 rings (SSSR count). The van der Waals surface area contributed by atoms with E-state index in [0.29, 0.717) is 6.41 Å². The van der Waals surface area contributed by atoms with Gasteiger partial charge in [0, 0.05) is 5.92 Å². The number of hydrogen-bond acceptors (Lipinski definition) is 4. The second-order valence-corrected chi connectivity index (χ2v) is 5.94. The molecule has 1 aliphatic heterocycles. The van der Waals surface area contributed by atoms with Gasteiger partial charge in [-0.15, -0.1) is 0 Å². The van der Waals surface area contributed by atoms with Crippen LogP contribution in [0.1, 0.15) is 33.6 Å². The molecule has 110 valence electrons. The Morgan fingerprint density at radius 3 is 2.47 bits per heavy atom. The summed E-state index contributed by atoms with van der Waals surface area (Å²) in [5.74, 6) is -0.568. The molecule has 0 aromatic heterocycles. The van der Waals surface area contributed by atoms with Crippen molar-refractivity contribution in [1.82, 2.24) is 10.2 Å². The van der Waals surface area contributed by atoms with Crippen LogP contribution < -0.4 is 5.32 Å². The predicted octanol–water partition coefficient (Wildman–Crippen LogP) is 0.670. The number of carbonyl (C=O) groups is 2. The van der Waals surface area contributed by atoms with Gasteiger partial charge in [0.1, 0.15) is 6.23 Å². The van der Waals surface area contributed by atoms with Crippen LogP contribution in [0, 0.1) is 5.92 Å². The average molecular weight is 272 g/mol. The molecule has 0 bridgehead atoms. The number of carboxylic acids is 1. The number of ether oxygens (including phenoxy) is 1. The molecule has 0 saturated carbocycles. The van der Waals surface area contributed by atoms with E-state index in [1.54, 1.807) is 0 Å². The lowest BCUT2D eigenvalue weighted by Gasteiger charge is -2.37. The number of carbonyl (C=O) groups excluding carboxylic acids is 1. The van der Waals surface area contributed by atoms with Crippen LogP contribution in [-0.4, -0.2) is 53.8 Å². The van der Waals surface area contributed by atoms with Crippen molar-refractivity contribution in [3.63, 3.8) is 0 Å². The van der Waals surface area contributed by atoms with E-state index >= 15 is 0 Å². The Morgan fingerprint density at radius 2 is 2.05 bits per heavy atom. The Kier molecular flexibility index (Phi) is 5.75. The summed E-state index contributed by atoms with van der Waals surface area (Å²) in [7, 11) is 0. The first-order valence-corrected chi connectivity index (χ1v) is 6.63. The SMILES string of the molecule is CC(C)(C)OC(NC=O)C1CCN(CC(=O)O)CC1. The minimum absolute atomic E-state index is 0.0820. The quantitative estimate of drug-likeness (QED) is 0.549.